The second kappa shape index (κ2) is 7.98. The SMILES string of the molecule is Cn1nc2c3ccccc3n(Cc3ccc(-n4cccn4)cc3)cc-2c1=O.O=C=O. The summed E-state index contributed by atoms with van der Waals surface area (Å²) < 4.78 is 5.35. The molecule has 0 aliphatic carbocycles. The van der Waals surface area contributed by atoms with Crippen molar-refractivity contribution >= 4 is 17.1 Å². The van der Waals surface area contributed by atoms with E-state index in [-0.39, 0.29) is 11.7 Å². The Bertz CT molecular complexity index is 1360. The molecule has 8 nitrogen and oxygen atoms in total. The molecule has 5 rings (SSSR count). The van der Waals surface area contributed by atoms with Crippen LogP contribution in [0.1, 0.15) is 5.56 Å². The second-order valence-electron chi connectivity index (χ2n) is 6.67. The lowest BCUT2D eigenvalue weighted by Crippen LogP contribution is -2.13. The molecule has 0 bridgehead atoms. The Kier molecular flexibility index (Phi) is 5.07. The molecule has 0 radical (unpaired) electrons. The van der Waals surface area contributed by atoms with Crippen molar-refractivity contribution in [1.82, 2.24) is 24.1 Å². The van der Waals surface area contributed by atoms with E-state index < -0.39 is 0 Å². The summed E-state index contributed by atoms with van der Waals surface area (Å²) in [5, 5.41) is 9.65. The fourth-order valence-corrected chi connectivity index (χ4v) is 3.49. The molecule has 3 heterocycles. The highest BCUT2D eigenvalue weighted by Gasteiger charge is 2.18. The zero-order valence-electron chi connectivity index (χ0n) is 16.1. The minimum atomic E-state index is -0.0708. The van der Waals surface area contributed by atoms with Gasteiger partial charge in [0.15, 0.2) is 0 Å². The first kappa shape index (κ1) is 19.0. The van der Waals surface area contributed by atoms with Gasteiger partial charge in [0, 0.05) is 37.6 Å². The summed E-state index contributed by atoms with van der Waals surface area (Å²) in [5.74, 6) is 0. The third-order valence-corrected chi connectivity index (χ3v) is 4.84. The molecular weight excluding hydrogens is 382 g/mol. The van der Waals surface area contributed by atoms with Gasteiger partial charge in [-0.1, -0.05) is 30.3 Å². The quantitative estimate of drug-likeness (QED) is 0.465. The van der Waals surface area contributed by atoms with Crippen LogP contribution in [0.25, 0.3) is 27.8 Å². The molecule has 2 aliphatic rings. The molecule has 30 heavy (non-hydrogen) atoms. The Balaban J connectivity index is 0.000000687. The maximum Gasteiger partial charge on any atom is 0.373 e. The molecule has 0 saturated heterocycles. The maximum absolute atomic E-state index is 12.4. The van der Waals surface area contributed by atoms with Crippen molar-refractivity contribution in [3.05, 3.63) is 89.1 Å². The number of aryl methyl sites for hydroxylation is 1. The number of fused-ring (bicyclic) bond motifs is 3. The third kappa shape index (κ3) is 3.43. The Labute approximate surface area is 170 Å². The van der Waals surface area contributed by atoms with Crippen molar-refractivity contribution in [1.29, 1.82) is 0 Å². The van der Waals surface area contributed by atoms with Gasteiger partial charge in [-0.3, -0.25) is 4.79 Å². The van der Waals surface area contributed by atoms with Crippen LogP contribution in [0, 0.1) is 0 Å². The minimum absolute atomic E-state index is 0.0708. The first-order chi connectivity index (χ1) is 14.6. The van der Waals surface area contributed by atoms with Crippen LogP contribution in [0.4, 0.5) is 0 Å². The molecule has 0 amide bonds. The van der Waals surface area contributed by atoms with Crippen molar-refractivity contribution in [3.8, 4) is 16.9 Å². The third-order valence-electron chi connectivity index (χ3n) is 4.84. The molecule has 3 aromatic rings. The zero-order valence-corrected chi connectivity index (χ0v) is 16.1. The van der Waals surface area contributed by atoms with Crippen molar-refractivity contribution in [3.63, 3.8) is 0 Å². The lowest BCUT2D eigenvalue weighted by Gasteiger charge is -2.14. The predicted octanol–water partition coefficient (Wildman–Crippen LogP) is 2.49. The first-order valence-corrected chi connectivity index (χ1v) is 9.15. The summed E-state index contributed by atoms with van der Waals surface area (Å²) >= 11 is 0. The average Bonchev–Trinajstić information content (AvgIpc) is 3.39. The van der Waals surface area contributed by atoms with E-state index in [1.165, 1.54) is 4.68 Å². The van der Waals surface area contributed by atoms with E-state index in [1.54, 1.807) is 13.2 Å². The highest BCUT2D eigenvalue weighted by atomic mass is 16.2. The van der Waals surface area contributed by atoms with Crippen LogP contribution in [0.2, 0.25) is 0 Å². The summed E-state index contributed by atoms with van der Waals surface area (Å²) in [7, 11) is 1.69. The second-order valence-corrected chi connectivity index (χ2v) is 6.67. The van der Waals surface area contributed by atoms with Gasteiger partial charge in [-0.2, -0.15) is 19.8 Å². The molecule has 2 aromatic carbocycles. The molecule has 1 aromatic heterocycles. The van der Waals surface area contributed by atoms with Gasteiger partial charge < -0.3 is 4.57 Å². The van der Waals surface area contributed by atoms with Crippen LogP contribution in [0.3, 0.4) is 0 Å². The van der Waals surface area contributed by atoms with Gasteiger partial charge in [-0.15, -0.1) is 0 Å². The van der Waals surface area contributed by atoms with Gasteiger partial charge in [0.05, 0.1) is 16.8 Å². The van der Waals surface area contributed by atoms with Crippen molar-refractivity contribution in [2.45, 2.75) is 6.54 Å². The lowest BCUT2D eigenvalue weighted by atomic mass is 10.1. The summed E-state index contributed by atoms with van der Waals surface area (Å²) in [4.78, 5) is 28.7. The smallest absolute Gasteiger partial charge is 0.342 e. The van der Waals surface area contributed by atoms with Crippen LogP contribution in [0.15, 0.2) is 78.0 Å². The molecule has 0 spiro atoms. The van der Waals surface area contributed by atoms with Crippen molar-refractivity contribution in [2.75, 3.05) is 0 Å². The van der Waals surface area contributed by atoms with E-state index in [4.69, 9.17) is 9.59 Å². The Morgan fingerprint density at radius 3 is 2.43 bits per heavy atom. The summed E-state index contributed by atoms with van der Waals surface area (Å²) in [5.41, 5.74) is 4.55. The number of rotatable bonds is 3. The molecule has 8 heteroatoms. The number of carbonyl (C=O) groups excluding carboxylic acids is 2. The van der Waals surface area contributed by atoms with Gasteiger partial charge >= 0.3 is 6.15 Å². The number of para-hydroxylation sites is 1. The van der Waals surface area contributed by atoms with E-state index in [1.807, 2.05) is 53.5 Å². The summed E-state index contributed by atoms with van der Waals surface area (Å²) in [6.45, 7) is 0.671. The molecule has 0 fully saturated rings. The van der Waals surface area contributed by atoms with E-state index in [9.17, 15) is 4.79 Å². The minimum Gasteiger partial charge on any atom is -0.342 e. The zero-order chi connectivity index (χ0) is 21.1. The largest absolute Gasteiger partial charge is 0.373 e. The van der Waals surface area contributed by atoms with Gasteiger partial charge in [0.1, 0.15) is 5.69 Å². The molecule has 0 atom stereocenters. The standard InChI is InChI=1S/C21H17N5O.CO2/c1-24-21(27)18-14-25(19-6-3-2-5-17(19)20(18)23-24)13-15-7-9-16(10-8-15)26-12-4-11-22-26;2-1-3/h2-12,14H,13H2,1H3;. The summed E-state index contributed by atoms with van der Waals surface area (Å²) in [6.07, 6.45) is 5.84. The van der Waals surface area contributed by atoms with Crippen molar-refractivity contribution in [2.24, 2.45) is 7.05 Å². The van der Waals surface area contributed by atoms with Crippen molar-refractivity contribution < 1.29 is 9.59 Å². The van der Waals surface area contributed by atoms with Crippen LogP contribution >= 0.6 is 0 Å². The van der Waals surface area contributed by atoms with E-state index in [0.717, 1.165) is 27.8 Å². The van der Waals surface area contributed by atoms with E-state index in [0.29, 0.717) is 12.1 Å². The van der Waals surface area contributed by atoms with E-state index in [2.05, 4.69) is 33.0 Å². The fraction of sp³-hybridized carbons (Fsp3) is 0.0909. The number of benzene rings is 2. The van der Waals surface area contributed by atoms with Crippen LogP contribution in [-0.2, 0) is 23.2 Å². The number of hydrogen-bond donors (Lipinski definition) is 0. The fourth-order valence-electron chi connectivity index (χ4n) is 3.49. The Morgan fingerprint density at radius 1 is 1.00 bits per heavy atom. The monoisotopic (exact) mass is 399 g/mol. The molecule has 0 saturated carbocycles. The van der Waals surface area contributed by atoms with Gasteiger partial charge in [0.25, 0.3) is 5.56 Å². The Hall–Kier alpha value is -4.29. The number of aromatic nitrogens is 5. The highest BCUT2D eigenvalue weighted by Crippen LogP contribution is 2.27. The van der Waals surface area contributed by atoms with E-state index >= 15 is 0 Å². The first-order valence-electron chi connectivity index (χ1n) is 9.15. The number of pyridine rings is 1. The lowest BCUT2D eigenvalue weighted by molar-refractivity contribution is -0.191. The maximum atomic E-state index is 12.4. The molecular formula is C22H17N5O3. The molecule has 0 N–H and O–H groups in total. The topological polar surface area (TPSA) is 91.8 Å². The molecule has 0 unspecified atom stereocenters. The van der Waals surface area contributed by atoms with Gasteiger partial charge in [0.2, 0.25) is 0 Å². The normalized spacial score (nSPS) is 10.6. The van der Waals surface area contributed by atoms with Crippen LogP contribution in [-0.4, -0.2) is 30.3 Å². The highest BCUT2D eigenvalue weighted by molar-refractivity contribution is 5.93. The number of nitrogens with zero attached hydrogens (tertiary/aromatic N) is 5. The Morgan fingerprint density at radius 2 is 1.73 bits per heavy atom. The molecule has 148 valence electrons. The summed E-state index contributed by atoms with van der Waals surface area (Å²) in [6, 6.07) is 18.2. The predicted molar refractivity (Wildman–Crippen MR) is 109 cm³/mol. The molecule has 2 aliphatic heterocycles. The van der Waals surface area contributed by atoms with Gasteiger partial charge in [-0.05, 0) is 29.8 Å². The van der Waals surface area contributed by atoms with Crippen LogP contribution in [0.5, 0.6) is 0 Å². The number of hydrogen-bond acceptors (Lipinski definition) is 5. The van der Waals surface area contributed by atoms with Gasteiger partial charge in [-0.25, -0.2) is 9.36 Å². The average molecular weight is 399 g/mol. The van der Waals surface area contributed by atoms with Crippen LogP contribution < -0.4 is 5.56 Å².